The molecule has 0 aliphatic rings. The Hall–Kier alpha value is -4.05. The van der Waals surface area contributed by atoms with Crippen molar-refractivity contribution in [3.63, 3.8) is 0 Å². The molecule has 0 unspecified atom stereocenters. The number of para-hydroxylation sites is 2. The summed E-state index contributed by atoms with van der Waals surface area (Å²) < 4.78 is 40.3. The zero-order valence-electron chi connectivity index (χ0n) is 24.9. The second-order valence-corrected chi connectivity index (χ2v) is 12.0. The van der Waals surface area contributed by atoms with Gasteiger partial charge in [-0.25, -0.2) is 8.42 Å². The van der Waals surface area contributed by atoms with Crippen molar-refractivity contribution in [1.29, 1.82) is 0 Å². The number of rotatable bonds is 15. The van der Waals surface area contributed by atoms with Crippen LogP contribution in [0.1, 0.15) is 39.7 Å². The lowest BCUT2D eigenvalue weighted by atomic mass is 10.1. The second kappa shape index (κ2) is 15.3. The second-order valence-electron chi connectivity index (χ2n) is 10.2. The fraction of sp³-hybridized carbons (Fsp3) is 0.375. The third kappa shape index (κ3) is 8.25. The topological polar surface area (TPSA) is 105 Å². The lowest BCUT2D eigenvalue weighted by Gasteiger charge is -2.33. The summed E-state index contributed by atoms with van der Waals surface area (Å²) in [5, 5.41) is 2.93. The van der Waals surface area contributed by atoms with Crippen molar-refractivity contribution in [3.05, 3.63) is 84.4 Å². The fourth-order valence-electron chi connectivity index (χ4n) is 4.48. The summed E-state index contributed by atoms with van der Waals surface area (Å²) in [4.78, 5) is 29.1. The highest BCUT2D eigenvalue weighted by Crippen LogP contribution is 2.33. The number of nitrogens with zero attached hydrogens (tertiary/aromatic N) is 2. The molecule has 0 heterocycles. The number of carbonyl (C=O) groups is 2. The van der Waals surface area contributed by atoms with Gasteiger partial charge < -0.3 is 19.7 Å². The van der Waals surface area contributed by atoms with Crippen LogP contribution in [0.15, 0.2) is 83.8 Å². The highest BCUT2D eigenvalue weighted by Gasteiger charge is 2.34. The van der Waals surface area contributed by atoms with Gasteiger partial charge in [-0.3, -0.25) is 13.9 Å². The number of benzene rings is 3. The van der Waals surface area contributed by atoms with Gasteiger partial charge in [0.1, 0.15) is 24.1 Å². The Morgan fingerprint density at radius 2 is 1.62 bits per heavy atom. The molecule has 42 heavy (non-hydrogen) atoms. The Morgan fingerprint density at radius 1 is 0.929 bits per heavy atom. The van der Waals surface area contributed by atoms with E-state index in [0.717, 1.165) is 9.87 Å². The first-order chi connectivity index (χ1) is 20.1. The van der Waals surface area contributed by atoms with Crippen LogP contribution in [0.25, 0.3) is 0 Å². The first kappa shape index (κ1) is 32.5. The van der Waals surface area contributed by atoms with Gasteiger partial charge in [0, 0.05) is 13.1 Å². The maximum Gasteiger partial charge on any atom is 0.264 e. The maximum atomic E-state index is 14.2. The molecule has 0 fully saturated rings. The lowest BCUT2D eigenvalue weighted by Crippen LogP contribution is -2.52. The van der Waals surface area contributed by atoms with Gasteiger partial charge in [0.2, 0.25) is 11.8 Å². The van der Waals surface area contributed by atoms with Gasteiger partial charge >= 0.3 is 0 Å². The van der Waals surface area contributed by atoms with Gasteiger partial charge in [-0.1, -0.05) is 63.2 Å². The van der Waals surface area contributed by atoms with E-state index in [1.54, 1.807) is 74.7 Å². The number of nitrogens with one attached hydrogen (secondary N) is 1. The Labute approximate surface area is 249 Å². The molecule has 0 saturated heterocycles. The van der Waals surface area contributed by atoms with Crippen LogP contribution in [0.4, 0.5) is 5.69 Å². The van der Waals surface area contributed by atoms with Crippen molar-refractivity contribution in [2.75, 3.05) is 31.1 Å². The summed E-state index contributed by atoms with van der Waals surface area (Å²) in [5.41, 5.74) is 0.972. The SMILES string of the molecule is CCOc1ccccc1N(CC(=O)N(Cc1cccc(OC)c1)[C@@H](CC)C(=O)NCC(C)C)S(=O)(=O)c1ccccc1. The predicted molar refractivity (Wildman–Crippen MR) is 164 cm³/mol. The average Bonchev–Trinajstić information content (AvgIpc) is 2.99. The van der Waals surface area contributed by atoms with E-state index in [0.29, 0.717) is 31.1 Å². The summed E-state index contributed by atoms with van der Waals surface area (Å²) in [6.45, 7) is 7.90. The predicted octanol–water partition coefficient (Wildman–Crippen LogP) is 4.87. The lowest BCUT2D eigenvalue weighted by molar-refractivity contribution is -0.140. The summed E-state index contributed by atoms with van der Waals surface area (Å²) in [5.74, 6) is 0.324. The van der Waals surface area contributed by atoms with E-state index >= 15 is 0 Å². The monoisotopic (exact) mass is 595 g/mol. The van der Waals surface area contributed by atoms with Crippen LogP contribution < -0.4 is 19.1 Å². The summed E-state index contributed by atoms with van der Waals surface area (Å²) in [6.07, 6.45) is 0.334. The van der Waals surface area contributed by atoms with E-state index in [-0.39, 0.29) is 29.0 Å². The molecular weight excluding hydrogens is 554 g/mol. The van der Waals surface area contributed by atoms with Gasteiger partial charge in [0.05, 0.1) is 24.3 Å². The van der Waals surface area contributed by atoms with Gasteiger partial charge in [-0.2, -0.15) is 0 Å². The molecule has 3 aromatic rings. The smallest absolute Gasteiger partial charge is 0.264 e. The molecular formula is C32H41N3O6S. The fourth-order valence-corrected chi connectivity index (χ4v) is 5.93. The molecule has 10 heteroatoms. The van der Waals surface area contributed by atoms with Crippen molar-refractivity contribution in [3.8, 4) is 11.5 Å². The van der Waals surface area contributed by atoms with E-state index in [2.05, 4.69) is 5.32 Å². The number of sulfonamides is 1. The van der Waals surface area contributed by atoms with Crippen molar-refractivity contribution in [2.24, 2.45) is 5.92 Å². The Morgan fingerprint density at radius 3 is 2.26 bits per heavy atom. The van der Waals surface area contributed by atoms with Crippen LogP contribution in [0.3, 0.4) is 0 Å². The van der Waals surface area contributed by atoms with Crippen molar-refractivity contribution < 1.29 is 27.5 Å². The van der Waals surface area contributed by atoms with Gasteiger partial charge in [0.15, 0.2) is 0 Å². The molecule has 0 bridgehead atoms. The molecule has 3 aromatic carbocycles. The van der Waals surface area contributed by atoms with Crippen molar-refractivity contribution in [2.45, 2.75) is 51.6 Å². The molecule has 0 spiro atoms. The molecule has 1 atom stereocenters. The van der Waals surface area contributed by atoms with Gasteiger partial charge in [-0.05, 0) is 61.2 Å². The van der Waals surface area contributed by atoms with Crippen molar-refractivity contribution >= 4 is 27.5 Å². The first-order valence-electron chi connectivity index (χ1n) is 14.1. The number of hydrogen-bond acceptors (Lipinski definition) is 6. The van der Waals surface area contributed by atoms with Crippen LogP contribution in [-0.2, 0) is 26.2 Å². The Bertz CT molecular complexity index is 1430. The number of ether oxygens (including phenoxy) is 2. The molecule has 2 amide bonds. The van der Waals surface area contributed by atoms with E-state index in [1.165, 1.54) is 17.0 Å². The number of methoxy groups -OCH3 is 1. The quantitative estimate of drug-likeness (QED) is 0.269. The summed E-state index contributed by atoms with van der Waals surface area (Å²) in [7, 11) is -2.64. The van der Waals surface area contributed by atoms with Gasteiger partial charge in [-0.15, -0.1) is 0 Å². The van der Waals surface area contributed by atoms with Gasteiger partial charge in [0.25, 0.3) is 10.0 Å². The Kier molecular flexibility index (Phi) is 11.8. The van der Waals surface area contributed by atoms with Crippen LogP contribution in [-0.4, -0.2) is 58.0 Å². The maximum absolute atomic E-state index is 14.2. The number of anilines is 1. The standard InChI is InChI=1S/C32H41N3O6S/c1-6-28(32(37)33-21-24(3)4)34(22-25-14-13-15-26(20-25)40-5)31(36)23-35(29-18-11-12-19-30(29)41-7-2)42(38,39)27-16-9-8-10-17-27/h8-20,24,28H,6-7,21-23H2,1-5H3,(H,33,37)/t28-/m0/s1. The van der Waals surface area contributed by atoms with Crippen LogP contribution in [0, 0.1) is 5.92 Å². The molecule has 9 nitrogen and oxygen atoms in total. The van der Waals surface area contributed by atoms with Crippen LogP contribution >= 0.6 is 0 Å². The minimum atomic E-state index is -4.20. The zero-order chi connectivity index (χ0) is 30.7. The average molecular weight is 596 g/mol. The molecule has 1 N–H and O–H groups in total. The number of hydrogen-bond donors (Lipinski definition) is 1. The molecule has 0 aliphatic heterocycles. The van der Waals surface area contributed by atoms with Crippen LogP contribution in [0.5, 0.6) is 11.5 Å². The molecule has 0 aliphatic carbocycles. The third-order valence-electron chi connectivity index (χ3n) is 6.60. The summed E-state index contributed by atoms with van der Waals surface area (Å²) in [6, 6.07) is 21.1. The highest BCUT2D eigenvalue weighted by molar-refractivity contribution is 7.92. The van der Waals surface area contributed by atoms with E-state index in [4.69, 9.17) is 9.47 Å². The van der Waals surface area contributed by atoms with E-state index < -0.39 is 28.5 Å². The summed E-state index contributed by atoms with van der Waals surface area (Å²) >= 11 is 0. The highest BCUT2D eigenvalue weighted by atomic mass is 32.2. The van der Waals surface area contributed by atoms with E-state index in [9.17, 15) is 18.0 Å². The van der Waals surface area contributed by atoms with E-state index in [1.807, 2.05) is 26.8 Å². The normalized spacial score (nSPS) is 12.0. The number of amides is 2. The minimum absolute atomic E-state index is 0.0326. The Balaban J connectivity index is 2.09. The van der Waals surface area contributed by atoms with Crippen molar-refractivity contribution in [1.82, 2.24) is 10.2 Å². The molecule has 3 rings (SSSR count). The molecule has 226 valence electrons. The molecule has 0 aromatic heterocycles. The molecule has 0 saturated carbocycles. The first-order valence-corrected chi connectivity index (χ1v) is 15.6. The van der Waals surface area contributed by atoms with Crippen LogP contribution in [0.2, 0.25) is 0 Å². The molecule has 0 radical (unpaired) electrons. The third-order valence-corrected chi connectivity index (χ3v) is 8.38. The largest absolute Gasteiger partial charge is 0.497 e. The number of carbonyl (C=O) groups excluding carboxylic acids is 2. The minimum Gasteiger partial charge on any atom is -0.497 e. The zero-order valence-corrected chi connectivity index (χ0v) is 25.8.